The Morgan fingerprint density at radius 2 is 2.04 bits per heavy atom. The molecule has 2 amide bonds. The molecule has 1 fully saturated rings. The fraction of sp³-hybridized carbons (Fsp3) is 0.611. The lowest BCUT2D eigenvalue weighted by Crippen LogP contribution is -2.46. The van der Waals surface area contributed by atoms with Crippen LogP contribution < -0.4 is 10.6 Å². The minimum atomic E-state index is -0.536. The van der Waals surface area contributed by atoms with Crippen LogP contribution in [0, 0.1) is 0 Å². The molecule has 1 aromatic heterocycles. The van der Waals surface area contributed by atoms with Crippen LogP contribution in [-0.2, 0) is 27.2 Å². The molecule has 1 aromatic rings. The van der Waals surface area contributed by atoms with Gasteiger partial charge in [-0.1, -0.05) is 6.42 Å². The number of fused-ring (bicyclic) bond motifs is 1. The molecule has 6 nitrogen and oxygen atoms in total. The lowest BCUT2D eigenvalue weighted by Gasteiger charge is -2.14. The van der Waals surface area contributed by atoms with E-state index in [1.807, 2.05) is 6.07 Å². The van der Waals surface area contributed by atoms with Crippen LogP contribution in [0.5, 0.6) is 0 Å². The van der Waals surface area contributed by atoms with Gasteiger partial charge in [0.15, 0.2) is 6.61 Å². The van der Waals surface area contributed by atoms with Crippen molar-refractivity contribution in [1.29, 1.82) is 0 Å². The normalized spacial score (nSPS) is 20.6. The average Bonchev–Trinajstić information content (AvgIpc) is 2.74. The Morgan fingerprint density at radius 3 is 2.92 bits per heavy atom. The highest BCUT2D eigenvalue weighted by molar-refractivity contribution is 7.14. The smallest absolute Gasteiger partial charge is 0.348 e. The number of nitrogens with one attached hydrogen (secondary N) is 2. The first kappa shape index (κ1) is 17.9. The SMILES string of the molecule is O=C(COC(=O)c1cc2c(s1)CCCCC2)N[C@@H]1CCCCNC1=O. The molecule has 0 unspecified atom stereocenters. The summed E-state index contributed by atoms with van der Waals surface area (Å²) in [5.74, 6) is -1.06. The first-order valence-electron chi connectivity index (χ1n) is 8.99. The standard InChI is InChI=1S/C18H24N2O4S/c21-16(20-13-7-4-5-9-19-17(13)22)11-24-18(23)15-10-12-6-2-1-3-8-14(12)25-15/h10,13H,1-9,11H2,(H,19,22)(H,20,21)/t13-/m1/s1. The Kier molecular flexibility index (Phi) is 6.07. The van der Waals surface area contributed by atoms with Crippen LogP contribution in [0.25, 0.3) is 0 Å². The Labute approximate surface area is 151 Å². The van der Waals surface area contributed by atoms with E-state index in [2.05, 4.69) is 10.6 Å². The summed E-state index contributed by atoms with van der Waals surface area (Å²) in [6.45, 7) is 0.286. The Balaban J connectivity index is 1.50. The summed E-state index contributed by atoms with van der Waals surface area (Å²) in [6.07, 6.45) is 7.98. The number of hydrogen-bond acceptors (Lipinski definition) is 5. The second-order valence-electron chi connectivity index (χ2n) is 6.60. The molecule has 0 aromatic carbocycles. The van der Waals surface area contributed by atoms with Gasteiger partial charge in [0.05, 0.1) is 0 Å². The quantitative estimate of drug-likeness (QED) is 0.632. The molecule has 0 radical (unpaired) electrons. The minimum Gasteiger partial charge on any atom is -0.451 e. The summed E-state index contributed by atoms with van der Waals surface area (Å²) in [7, 11) is 0. The van der Waals surface area contributed by atoms with Crippen molar-refractivity contribution in [1.82, 2.24) is 10.6 Å². The third-order valence-electron chi connectivity index (χ3n) is 4.65. The molecule has 1 saturated heterocycles. The van der Waals surface area contributed by atoms with Gasteiger partial charge in [0.1, 0.15) is 10.9 Å². The predicted molar refractivity (Wildman–Crippen MR) is 94.7 cm³/mol. The number of carbonyl (C=O) groups is 3. The maximum Gasteiger partial charge on any atom is 0.348 e. The molecule has 2 heterocycles. The predicted octanol–water partition coefficient (Wildman–Crippen LogP) is 1.96. The summed E-state index contributed by atoms with van der Waals surface area (Å²) < 4.78 is 5.13. The number of amides is 2. The largest absolute Gasteiger partial charge is 0.451 e. The maximum atomic E-state index is 12.2. The van der Waals surface area contributed by atoms with Gasteiger partial charge in [-0.2, -0.15) is 0 Å². The lowest BCUT2D eigenvalue weighted by atomic mass is 10.1. The summed E-state index contributed by atoms with van der Waals surface area (Å²) in [4.78, 5) is 37.8. The number of hydrogen-bond donors (Lipinski definition) is 2. The van der Waals surface area contributed by atoms with Crippen LogP contribution in [-0.4, -0.2) is 37.0 Å². The van der Waals surface area contributed by atoms with E-state index in [1.54, 1.807) is 0 Å². The van der Waals surface area contributed by atoms with E-state index in [4.69, 9.17) is 4.74 Å². The number of rotatable bonds is 4. The van der Waals surface area contributed by atoms with Crippen molar-refractivity contribution >= 4 is 29.1 Å². The molecule has 0 saturated carbocycles. The summed E-state index contributed by atoms with van der Waals surface area (Å²) in [5.41, 5.74) is 1.24. The van der Waals surface area contributed by atoms with E-state index in [1.165, 1.54) is 28.2 Å². The molecule has 2 aliphatic rings. The Morgan fingerprint density at radius 1 is 1.20 bits per heavy atom. The van der Waals surface area contributed by atoms with Gasteiger partial charge in [-0.3, -0.25) is 9.59 Å². The first-order valence-corrected chi connectivity index (χ1v) is 9.81. The van der Waals surface area contributed by atoms with Crippen molar-refractivity contribution < 1.29 is 19.1 Å². The fourth-order valence-electron chi connectivity index (χ4n) is 3.28. The molecule has 7 heteroatoms. The van der Waals surface area contributed by atoms with Crippen LogP contribution >= 0.6 is 11.3 Å². The van der Waals surface area contributed by atoms with E-state index >= 15 is 0 Å². The zero-order chi connectivity index (χ0) is 17.6. The minimum absolute atomic E-state index is 0.167. The van der Waals surface area contributed by atoms with E-state index in [0.29, 0.717) is 17.8 Å². The first-order chi connectivity index (χ1) is 12.1. The number of ether oxygens (including phenoxy) is 1. The van der Waals surface area contributed by atoms with Crippen molar-refractivity contribution in [2.45, 2.75) is 57.4 Å². The zero-order valence-corrected chi connectivity index (χ0v) is 15.1. The third-order valence-corrected chi connectivity index (χ3v) is 5.87. The molecule has 25 heavy (non-hydrogen) atoms. The van der Waals surface area contributed by atoms with Crippen molar-refractivity contribution in [2.24, 2.45) is 0 Å². The molecule has 1 aliphatic heterocycles. The molecular formula is C18H24N2O4S. The van der Waals surface area contributed by atoms with Crippen molar-refractivity contribution in [2.75, 3.05) is 13.2 Å². The van der Waals surface area contributed by atoms with E-state index in [9.17, 15) is 14.4 Å². The molecule has 0 bridgehead atoms. The molecule has 1 aliphatic carbocycles. The Hall–Kier alpha value is -1.89. The third kappa shape index (κ3) is 4.81. The Bertz CT molecular complexity index is 632. The summed E-state index contributed by atoms with van der Waals surface area (Å²) in [5, 5.41) is 5.41. The number of aryl methyl sites for hydroxylation is 2. The van der Waals surface area contributed by atoms with E-state index in [-0.39, 0.29) is 12.5 Å². The van der Waals surface area contributed by atoms with Gasteiger partial charge < -0.3 is 15.4 Å². The van der Waals surface area contributed by atoms with Gasteiger partial charge in [-0.05, 0) is 56.6 Å². The average molecular weight is 364 g/mol. The second-order valence-corrected chi connectivity index (χ2v) is 7.74. The second kappa shape index (κ2) is 8.47. The van der Waals surface area contributed by atoms with Crippen molar-refractivity contribution in [3.8, 4) is 0 Å². The highest BCUT2D eigenvalue weighted by Gasteiger charge is 2.23. The number of carbonyl (C=O) groups excluding carboxylic acids is 3. The van der Waals surface area contributed by atoms with Gasteiger partial charge in [-0.15, -0.1) is 11.3 Å². The molecule has 0 spiro atoms. The van der Waals surface area contributed by atoms with Crippen molar-refractivity contribution in [3.63, 3.8) is 0 Å². The van der Waals surface area contributed by atoms with E-state index in [0.717, 1.165) is 38.5 Å². The molecule has 136 valence electrons. The number of esters is 1. The molecule has 2 N–H and O–H groups in total. The highest BCUT2D eigenvalue weighted by Crippen LogP contribution is 2.29. The van der Waals surface area contributed by atoms with Crippen LogP contribution in [0.2, 0.25) is 0 Å². The summed E-state index contributed by atoms with van der Waals surface area (Å²) >= 11 is 1.48. The topological polar surface area (TPSA) is 84.5 Å². The van der Waals surface area contributed by atoms with Crippen molar-refractivity contribution in [3.05, 3.63) is 21.4 Å². The lowest BCUT2D eigenvalue weighted by molar-refractivity contribution is -0.130. The number of thiophene rings is 1. The molecule has 3 rings (SSSR count). The monoisotopic (exact) mass is 364 g/mol. The molecular weight excluding hydrogens is 340 g/mol. The molecule has 1 atom stereocenters. The highest BCUT2D eigenvalue weighted by atomic mass is 32.1. The van der Waals surface area contributed by atoms with E-state index < -0.39 is 17.9 Å². The van der Waals surface area contributed by atoms with Crippen LogP contribution in [0.15, 0.2) is 6.07 Å². The van der Waals surface area contributed by atoms with Crippen LogP contribution in [0.4, 0.5) is 0 Å². The maximum absolute atomic E-state index is 12.2. The van der Waals surface area contributed by atoms with Gasteiger partial charge in [-0.25, -0.2) is 4.79 Å². The van der Waals surface area contributed by atoms with Gasteiger partial charge in [0.2, 0.25) is 5.91 Å². The summed E-state index contributed by atoms with van der Waals surface area (Å²) in [6, 6.07) is 1.37. The van der Waals surface area contributed by atoms with Gasteiger partial charge >= 0.3 is 5.97 Å². The fourth-order valence-corrected chi connectivity index (χ4v) is 4.43. The van der Waals surface area contributed by atoms with Gasteiger partial charge in [0.25, 0.3) is 5.91 Å². The zero-order valence-electron chi connectivity index (χ0n) is 14.3. The van der Waals surface area contributed by atoms with Crippen LogP contribution in [0.3, 0.4) is 0 Å². The van der Waals surface area contributed by atoms with Gasteiger partial charge in [0, 0.05) is 11.4 Å². The van der Waals surface area contributed by atoms with Crippen LogP contribution in [0.1, 0.15) is 58.6 Å².